The van der Waals surface area contributed by atoms with Gasteiger partial charge in [0.2, 0.25) is 0 Å². The normalized spacial score (nSPS) is 13.6. The second-order valence-corrected chi connectivity index (χ2v) is 7.23. The zero-order valence-electron chi connectivity index (χ0n) is 17.8. The molecule has 32 heavy (non-hydrogen) atoms. The van der Waals surface area contributed by atoms with Crippen LogP contribution < -0.4 is 19.7 Å². The number of carbonyl (C=O) groups is 2. The molecule has 0 bridgehead atoms. The second-order valence-electron chi connectivity index (χ2n) is 7.23. The van der Waals surface area contributed by atoms with Crippen LogP contribution in [0.25, 0.3) is 5.57 Å². The van der Waals surface area contributed by atoms with Crippen LogP contribution in [0.3, 0.4) is 0 Å². The number of benzene rings is 3. The van der Waals surface area contributed by atoms with E-state index in [-0.39, 0.29) is 17.0 Å². The summed E-state index contributed by atoms with van der Waals surface area (Å²) in [6.45, 7) is 1.94. The highest BCUT2D eigenvalue weighted by Gasteiger charge is 2.40. The van der Waals surface area contributed by atoms with Crippen LogP contribution in [-0.2, 0) is 9.59 Å². The minimum absolute atomic E-state index is 0.103. The van der Waals surface area contributed by atoms with Gasteiger partial charge in [-0.05, 0) is 48.9 Å². The maximum absolute atomic E-state index is 13.4. The van der Waals surface area contributed by atoms with Crippen LogP contribution in [0.5, 0.6) is 11.5 Å². The van der Waals surface area contributed by atoms with E-state index < -0.39 is 17.6 Å². The number of nitrogens with one attached hydrogen (secondary N) is 1. The molecule has 0 saturated carbocycles. The zero-order chi connectivity index (χ0) is 22.8. The number of nitrogens with zero attached hydrogens (tertiary/aromatic N) is 1. The first kappa shape index (κ1) is 21.1. The van der Waals surface area contributed by atoms with E-state index >= 15 is 0 Å². The highest BCUT2D eigenvalue weighted by atomic mass is 19.1. The van der Waals surface area contributed by atoms with Crippen LogP contribution in [0.4, 0.5) is 15.8 Å². The molecule has 7 heteroatoms. The van der Waals surface area contributed by atoms with Crippen molar-refractivity contribution < 1.29 is 23.5 Å². The van der Waals surface area contributed by atoms with Crippen molar-refractivity contribution in [3.8, 4) is 11.5 Å². The van der Waals surface area contributed by atoms with Crippen molar-refractivity contribution in [3.05, 3.63) is 89.4 Å². The molecule has 4 rings (SSSR count). The van der Waals surface area contributed by atoms with Gasteiger partial charge in [-0.3, -0.25) is 9.59 Å². The van der Waals surface area contributed by atoms with E-state index in [0.717, 1.165) is 10.5 Å². The van der Waals surface area contributed by atoms with Crippen molar-refractivity contribution in [2.24, 2.45) is 0 Å². The van der Waals surface area contributed by atoms with E-state index in [2.05, 4.69) is 5.32 Å². The van der Waals surface area contributed by atoms with Gasteiger partial charge in [-0.25, -0.2) is 9.29 Å². The van der Waals surface area contributed by atoms with Gasteiger partial charge in [0.15, 0.2) is 0 Å². The number of ether oxygens (including phenoxy) is 2. The lowest BCUT2D eigenvalue weighted by atomic mass is 10.0. The number of hydrogen-bond acceptors (Lipinski definition) is 5. The first-order chi connectivity index (χ1) is 15.4. The summed E-state index contributed by atoms with van der Waals surface area (Å²) >= 11 is 0. The molecule has 1 heterocycles. The number of carbonyl (C=O) groups excluding carboxylic acids is 2. The number of rotatable bonds is 6. The van der Waals surface area contributed by atoms with Gasteiger partial charge >= 0.3 is 0 Å². The molecule has 3 aromatic rings. The molecular weight excluding hydrogens is 411 g/mol. The van der Waals surface area contributed by atoms with Crippen molar-refractivity contribution in [3.63, 3.8) is 0 Å². The molecule has 0 aliphatic carbocycles. The number of methoxy groups -OCH3 is 2. The van der Waals surface area contributed by atoms with Crippen molar-refractivity contribution in [1.29, 1.82) is 0 Å². The Morgan fingerprint density at radius 1 is 0.844 bits per heavy atom. The monoisotopic (exact) mass is 432 g/mol. The predicted molar refractivity (Wildman–Crippen MR) is 120 cm³/mol. The summed E-state index contributed by atoms with van der Waals surface area (Å²) in [5, 5.41) is 3.08. The first-order valence-electron chi connectivity index (χ1n) is 9.87. The fourth-order valence-corrected chi connectivity index (χ4v) is 3.49. The third-order valence-electron chi connectivity index (χ3n) is 5.18. The number of hydrogen-bond donors (Lipinski definition) is 1. The summed E-state index contributed by atoms with van der Waals surface area (Å²) in [4.78, 5) is 27.8. The Kier molecular flexibility index (Phi) is 5.64. The Bertz CT molecular complexity index is 1220. The lowest BCUT2D eigenvalue weighted by Gasteiger charge is -2.16. The standard InChI is InChI=1S/C25H21FN2O4/c1-15-4-6-16(7-5-15)22-23(27-20-13-12-19(31-2)14-21(20)32-3)25(30)28(24(22)29)18-10-8-17(26)9-11-18/h4-14,27H,1-3H3. The van der Waals surface area contributed by atoms with Crippen molar-refractivity contribution in [1.82, 2.24) is 0 Å². The van der Waals surface area contributed by atoms with Gasteiger partial charge in [-0.2, -0.15) is 0 Å². The van der Waals surface area contributed by atoms with Crippen LogP contribution in [-0.4, -0.2) is 26.0 Å². The summed E-state index contributed by atoms with van der Waals surface area (Å²) in [7, 11) is 3.04. The molecule has 1 N–H and O–H groups in total. The molecule has 0 spiro atoms. The average molecular weight is 432 g/mol. The van der Waals surface area contributed by atoms with E-state index in [9.17, 15) is 14.0 Å². The Morgan fingerprint density at radius 3 is 2.16 bits per heavy atom. The van der Waals surface area contributed by atoms with Gasteiger partial charge in [0, 0.05) is 6.07 Å². The summed E-state index contributed by atoms with van der Waals surface area (Å²) in [5.41, 5.74) is 2.71. The molecule has 0 fully saturated rings. The van der Waals surface area contributed by atoms with E-state index in [1.165, 1.54) is 31.4 Å². The molecular formula is C25H21FN2O4. The maximum Gasteiger partial charge on any atom is 0.282 e. The van der Waals surface area contributed by atoms with Crippen LogP contribution in [0.1, 0.15) is 11.1 Å². The van der Waals surface area contributed by atoms with Crippen molar-refractivity contribution in [2.75, 3.05) is 24.4 Å². The summed E-state index contributed by atoms with van der Waals surface area (Å²) in [5.74, 6) is -0.473. The minimum Gasteiger partial charge on any atom is -0.497 e. The minimum atomic E-state index is -0.546. The number of halogens is 1. The molecule has 0 saturated heterocycles. The van der Waals surface area contributed by atoms with Crippen LogP contribution in [0.2, 0.25) is 0 Å². The Labute approximate surface area is 184 Å². The zero-order valence-corrected chi connectivity index (χ0v) is 17.8. The van der Waals surface area contributed by atoms with Gasteiger partial charge < -0.3 is 14.8 Å². The average Bonchev–Trinajstić information content (AvgIpc) is 3.04. The molecule has 0 radical (unpaired) electrons. The third kappa shape index (κ3) is 3.80. The van der Waals surface area contributed by atoms with Gasteiger partial charge in [-0.1, -0.05) is 29.8 Å². The summed E-state index contributed by atoms with van der Waals surface area (Å²) in [6, 6.07) is 17.6. The Balaban J connectivity index is 1.82. The number of anilines is 2. The summed E-state index contributed by atoms with van der Waals surface area (Å²) in [6.07, 6.45) is 0. The van der Waals surface area contributed by atoms with Crippen molar-refractivity contribution >= 4 is 28.8 Å². The molecule has 0 unspecified atom stereocenters. The SMILES string of the molecule is COc1ccc(NC2=C(c3ccc(C)cc3)C(=O)N(c3ccc(F)cc3)C2=O)c(OC)c1. The molecule has 162 valence electrons. The molecule has 2 amide bonds. The maximum atomic E-state index is 13.4. The Hall–Kier alpha value is -4.13. The van der Waals surface area contributed by atoms with Crippen LogP contribution in [0, 0.1) is 12.7 Å². The fraction of sp³-hybridized carbons (Fsp3) is 0.120. The topological polar surface area (TPSA) is 67.9 Å². The lowest BCUT2D eigenvalue weighted by molar-refractivity contribution is -0.120. The molecule has 0 aromatic heterocycles. The van der Waals surface area contributed by atoms with Gasteiger partial charge in [0.1, 0.15) is 23.0 Å². The predicted octanol–water partition coefficient (Wildman–Crippen LogP) is 4.55. The third-order valence-corrected chi connectivity index (χ3v) is 5.18. The molecule has 0 atom stereocenters. The molecule has 6 nitrogen and oxygen atoms in total. The highest BCUT2D eigenvalue weighted by Crippen LogP contribution is 2.36. The molecule has 3 aromatic carbocycles. The van der Waals surface area contributed by atoms with Gasteiger partial charge in [-0.15, -0.1) is 0 Å². The van der Waals surface area contributed by atoms with E-state index in [1.54, 1.807) is 37.4 Å². The first-order valence-corrected chi connectivity index (χ1v) is 9.87. The largest absolute Gasteiger partial charge is 0.497 e. The van der Waals surface area contributed by atoms with E-state index in [1.807, 2.05) is 19.1 Å². The van der Waals surface area contributed by atoms with Crippen molar-refractivity contribution in [2.45, 2.75) is 6.92 Å². The second kappa shape index (κ2) is 8.55. The van der Waals surface area contributed by atoms with Gasteiger partial charge in [0.25, 0.3) is 11.8 Å². The summed E-state index contributed by atoms with van der Waals surface area (Å²) < 4.78 is 24.1. The van der Waals surface area contributed by atoms with E-state index in [0.29, 0.717) is 22.7 Å². The number of amides is 2. The Morgan fingerprint density at radius 2 is 1.53 bits per heavy atom. The smallest absolute Gasteiger partial charge is 0.282 e. The van der Waals surface area contributed by atoms with Crippen LogP contribution >= 0.6 is 0 Å². The highest BCUT2D eigenvalue weighted by molar-refractivity contribution is 6.46. The van der Waals surface area contributed by atoms with Gasteiger partial charge in [0.05, 0.1) is 31.2 Å². The van der Waals surface area contributed by atoms with E-state index in [4.69, 9.17) is 9.47 Å². The van der Waals surface area contributed by atoms with Crippen LogP contribution in [0.15, 0.2) is 72.4 Å². The quantitative estimate of drug-likeness (QED) is 0.579. The molecule has 1 aliphatic heterocycles. The fourth-order valence-electron chi connectivity index (χ4n) is 3.49. The number of aryl methyl sites for hydroxylation is 1. The lowest BCUT2D eigenvalue weighted by Crippen LogP contribution is -2.32. The molecule has 1 aliphatic rings. The number of imide groups is 1.